The first-order valence-electron chi connectivity index (χ1n) is 14.5. The fourth-order valence-corrected chi connectivity index (χ4v) is 8.29. The van der Waals surface area contributed by atoms with Gasteiger partial charge < -0.3 is 28.4 Å². The van der Waals surface area contributed by atoms with E-state index in [1.165, 1.54) is 0 Å². The summed E-state index contributed by atoms with van der Waals surface area (Å²) in [4.78, 5) is 13.3. The third-order valence-corrected chi connectivity index (χ3v) is 10.8. The second-order valence-corrected chi connectivity index (χ2v) is 19.0. The number of hydrogen-bond acceptors (Lipinski definition) is 7. The predicted octanol–water partition coefficient (Wildman–Crippen LogP) is 5.42. The number of carbonyl (C=O) groups excluding carboxylic acids is 1. The minimum Gasteiger partial charge on any atom is -0.462 e. The second-order valence-electron chi connectivity index (χ2n) is 13.4. The van der Waals surface area contributed by atoms with E-state index in [-0.39, 0.29) is 48.6 Å². The number of allylic oxidation sites excluding steroid dienone is 1. The molecular weight excluding hydrogens is 512 g/mol. The van der Waals surface area contributed by atoms with Gasteiger partial charge in [-0.15, -0.1) is 6.58 Å². The van der Waals surface area contributed by atoms with Gasteiger partial charge in [0.1, 0.15) is 18.5 Å². The average Bonchev–Trinajstić information content (AvgIpc) is 3.16. The van der Waals surface area contributed by atoms with Crippen LogP contribution in [0.5, 0.6) is 0 Å². The van der Waals surface area contributed by atoms with Crippen molar-refractivity contribution in [2.45, 2.75) is 82.6 Å². The molecule has 2 saturated heterocycles. The molecule has 39 heavy (non-hydrogen) atoms. The van der Waals surface area contributed by atoms with Crippen LogP contribution in [0.1, 0.15) is 32.3 Å². The summed E-state index contributed by atoms with van der Waals surface area (Å²) in [5.41, 5.74) is 0.377. The molecule has 1 aromatic rings. The van der Waals surface area contributed by atoms with Crippen molar-refractivity contribution in [3.63, 3.8) is 0 Å². The van der Waals surface area contributed by atoms with E-state index in [0.29, 0.717) is 26.2 Å². The molecule has 3 saturated carbocycles. The quantitative estimate of drug-likeness (QED) is 0.105. The zero-order chi connectivity index (χ0) is 27.8. The van der Waals surface area contributed by atoms with Gasteiger partial charge in [-0.2, -0.15) is 0 Å². The molecule has 216 valence electrons. The van der Waals surface area contributed by atoms with Crippen LogP contribution in [0.3, 0.4) is 0 Å². The second kappa shape index (κ2) is 11.4. The first-order chi connectivity index (χ1) is 18.6. The average molecular weight is 559 g/mol. The summed E-state index contributed by atoms with van der Waals surface area (Å²) in [6.07, 6.45) is 2.62. The summed E-state index contributed by atoms with van der Waals surface area (Å²) >= 11 is 0. The first-order valence-corrected chi connectivity index (χ1v) is 18.2. The first kappa shape index (κ1) is 29.0. The van der Waals surface area contributed by atoms with Crippen LogP contribution in [0.15, 0.2) is 43.0 Å². The van der Waals surface area contributed by atoms with Crippen molar-refractivity contribution in [2.24, 2.45) is 29.6 Å². The Morgan fingerprint density at radius 2 is 1.82 bits per heavy atom. The largest absolute Gasteiger partial charge is 0.462 e. The Labute approximate surface area is 234 Å². The molecule has 0 amide bonds. The van der Waals surface area contributed by atoms with E-state index in [2.05, 4.69) is 38.4 Å². The van der Waals surface area contributed by atoms with Crippen LogP contribution < -0.4 is 0 Å². The summed E-state index contributed by atoms with van der Waals surface area (Å²) in [6.45, 7) is 17.5. The highest BCUT2D eigenvalue weighted by molar-refractivity contribution is 6.76. The van der Waals surface area contributed by atoms with E-state index in [1.54, 1.807) is 6.08 Å². The SMILES string of the molecule is C=CC[C@H]1C(=O)O[C@@H]2C[C@H]3[C@@H](COCOCC[Si](C)(C)C)[C@H](COCc4ccccc4)[C@@H]2[C@@]12OC(C)(C)O[C@H]32. The molecule has 0 unspecified atom stereocenters. The number of rotatable bonds is 13. The third-order valence-electron chi connectivity index (χ3n) is 9.05. The smallest absolute Gasteiger partial charge is 0.312 e. The number of ether oxygens (including phenoxy) is 6. The van der Waals surface area contributed by atoms with Gasteiger partial charge in [-0.25, -0.2) is 0 Å². The van der Waals surface area contributed by atoms with Crippen molar-refractivity contribution >= 4 is 14.0 Å². The van der Waals surface area contributed by atoms with Crippen LogP contribution in [-0.2, 0) is 39.8 Å². The fraction of sp³-hybridized carbons (Fsp3) is 0.710. The van der Waals surface area contributed by atoms with Gasteiger partial charge in [0.15, 0.2) is 5.79 Å². The van der Waals surface area contributed by atoms with Gasteiger partial charge in [0.2, 0.25) is 0 Å². The van der Waals surface area contributed by atoms with Crippen LogP contribution in [0.25, 0.3) is 0 Å². The molecule has 1 spiro atoms. The van der Waals surface area contributed by atoms with Gasteiger partial charge in [0, 0.05) is 20.6 Å². The zero-order valence-electron chi connectivity index (χ0n) is 24.2. The Bertz CT molecular complexity index is 1010. The lowest BCUT2D eigenvalue weighted by Crippen LogP contribution is -2.75. The molecule has 4 bridgehead atoms. The zero-order valence-corrected chi connectivity index (χ0v) is 25.2. The molecule has 3 aliphatic carbocycles. The van der Waals surface area contributed by atoms with Gasteiger partial charge in [0.25, 0.3) is 0 Å². The third kappa shape index (κ3) is 5.79. The van der Waals surface area contributed by atoms with Crippen LogP contribution in [-0.4, -0.2) is 64.3 Å². The number of carbonyl (C=O) groups is 1. The molecule has 6 rings (SSSR count). The van der Waals surface area contributed by atoms with Crippen molar-refractivity contribution in [3.8, 4) is 0 Å². The fourth-order valence-electron chi connectivity index (χ4n) is 7.54. The minimum atomic E-state index is -1.15. The molecule has 0 radical (unpaired) electrons. The Hall–Kier alpha value is -1.55. The van der Waals surface area contributed by atoms with Crippen LogP contribution in [0, 0.1) is 29.6 Å². The van der Waals surface area contributed by atoms with E-state index < -0.39 is 25.4 Å². The lowest BCUT2D eigenvalue weighted by molar-refractivity contribution is -0.287. The van der Waals surface area contributed by atoms with E-state index in [9.17, 15) is 4.79 Å². The van der Waals surface area contributed by atoms with E-state index in [4.69, 9.17) is 28.4 Å². The molecule has 0 N–H and O–H groups in total. The summed E-state index contributed by atoms with van der Waals surface area (Å²) in [5.74, 6) is -1.10. The highest BCUT2D eigenvalue weighted by Gasteiger charge is 2.77. The predicted molar refractivity (Wildman–Crippen MR) is 151 cm³/mol. The summed E-state index contributed by atoms with van der Waals surface area (Å²) in [7, 11) is -1.15. The molecule has 5 fully saturated rings. The van der Waals surface area contributed by atoms with Gasteiger partial charge in [0.05, 0.1) is 31.8 Å². The highest BCUT2D eigenvalue weighted by atomic mass is 28.3. The van der Waals surface area contributed by atoms with E-state index in [1.807, 2.05) is 32.0 Å². The molecule has 1 aromatic carbocycles. The van der Waals surface area contributed by atoms with Crippen LogP contribution in [0.2, 0.25) is 25.7 Å². The van der Waals surface area contributed by atoms with Crippen molar-refractivity contribution < 1.29 is 33.2 Å². The lowest BCUT2D eigenvalue weighted by Gasteiger charge is -2.64. The number of benzene rings is 1. The summed E-state index contributed by atoms with van der Waals surface area (Å²) in [5, 5.41) is 0. The van der Waals surface area contributed by atoms with Crippen molar-refractivity contribution in [1.82, 2.24) is 0 Å². The van der Waals surface area contributed by atoms with Crippen LogP contribution in [0.4, 0.5) is 0 Å². The Kier molecular flexibility index (Phi) is 8.45. The summed E-state index contributed by atoms with van der Waals surface area (Å²) < 4.78 is 38.0. The van der Waals surface area contributed by atoms with Crippen molar-refractivity contribution in [2.75, 3.05) is 26.6 Å². The Balaban J connectivity index is 1.38. The Morgan fingerprint density at radius 3 is 2.54 bits per heavy atom. The highest BCUT2D eigenvalue weighted by Crippen LogP contribution is 2.66. The maximum absolute atomic E-state index is 13.3. The molecule has 0 aromatic heterocycles. The lowest BCUT2D eigenvalue weighted by atomic mass is 9.46. The molecule has 5 aliphatic rings. The van der Waals surface area contributed by atoms with E-state index in [0.717, 1.165) is 24.6 Å². The summed E-state index contributed by atoms with van der Waals surface area (Å²) in [6, 6.07) is 11.3. The van der Waals surface area contributed by atoms with E-state index >= 15 is 0 Å². The normalized spacial score (nSPS) is 36.4. The number of esters is 1. The molecule has 2 heterocycles. The Morgan fingerprint density at radius 1 is 1.08 bits per heavy atom. The van der Waals surface area contributed by atoms with Gasteiger partial charge in [-0.3, -0.25) is 4.79 Å². The standard InChI is InChI=1S/C31H46O7Si/c1-7-11-25-29(32)36-26-16-22-23(18-35-20-33-14-15-39(4,5)6)24(19-34-17-21-12-9-8-10-13-21)27(26)31(25)28(22)37-30(2,3)38-31/h7-10,12-13,22-28H,1,11,14-20H2,2-6H3/t22-,23+,24-,25-,26+,27-,28+,31-/m0/s1. The molecule has 7 nitrogen and oxygen atoms in total. The van der Waals surface area contributed by atoms with Gasteiger partial charge >= 0.3 is 5.97 Å². The van der Waals surface area contributed by atoms with Crippen molar-refractivity contribution in [3.05, 3.63) is 48.6 Å². The number of hydrogen-bond donors (Lipinski definition) is 0. The minimum absolute atomic E-state index is 0.0471. The maximum Gasteiger partial charge on any atom is 0.312 e. The molecule has 8 atom stereocenters. The molecule has 8 heteroatoms. The molecular formula is C31H46O7Si. The monoisotopic (exact) mass is 558 g/mol. The van der Waals surface area contributed by atoms with Crippen LogP contribution >= 0.6 is 0 Å². The maximum atomic E-state index is 13.3. The van der Waals surface area contributed by atoms with Gasteiger partial charge in [-0.05, 0) is 56.1 Å². The van der Waals surface area contributed by atoms with Crippen molar-refractivity contribution in [1.29, 1.82) is 0 Å². The van der Waals surface area contributed by atoms with Gasteiger partial charge in [-0.1, -0.05) is 56.0 Å². The molecule has 2 aliphatic heterocycles. The number of fused-ring (bicyclic) bond motifs is 1. The topological polar surface area (TPSA) is 72.5 Å².